The third kappa shape index (κ3) is 3.44. The predicted octanol–water partition coefficient (Wildman–Crippen LogP) is 2.24. The van der Waals surface area contributed by atoms with Crippen LogP contribution in [0.4, 0.5) is 5.69 Å². The summed E-state index contributed by atoms with van der Waals surface area (Å²) in [6.07, 6.45) is 2.20. The Balaban J connectivity index is 1.72. The summed E-state index contributed by atoms with van der Waals surface area (Å²) < 4.78 is 5.69. The van der Waals surface area contributed by atoms with Crippen LogP contribution in [0, 0.1) is 16.0 Å². The topological polar surface area (TPSA) is 106 Å². The molecule has 1 N–H and O–H groups in total. The number of hydrogen-bond acceptors (Lipinski definition) is 7. The zero-order chi connectivity index (χ0) is 17.1. The molecule has 1 aromatic heterocycles. The highest BCUT2D eigenvalue weighted by molar-refractivity contribution is 5.55. The van der Waals surface area contributed by atoms with Gasteiger partial charge in [-0.15, -0.1) is 10.2 Å². The van der Waals surface area contributed by atoms with E-state index in [1.807, 2.05) is 0 Å². The number of aromatic nitrogens is 2. The second-order valence-corrected chi connectivity index (χ2v) is 6.14. The first kappa shape index (κ1) is 16.5. The molecule has 3 rings (SSSR count). The van der Waals surface area contributed by atoms with Crippen molar-refractivity contribution in [2.75, 3.05) is 13.2 Å². The van der Waals surface area contributed by atoms with Crippen molar-refractivity contribution in [1.29, 1.82) is 0 Å². The largest absolute Gasteiger partial charge is 0.419 e. The standard InChI is InChI=1S/C16H20N4O4/c1-11-3-2-8-19(14(11)10-21)9-15-17-18-16(24-15)12-4-6-13(7-5-12)20(22)23/h4-7,11,14,21H,2-3,8-10H2,1H3. The van der Waals surface area contributed by atoms with E-state index in [9.17, 15) is 15.2 Å². The molecule has 0 amide bonds. The highest BCUT2D eigenvalue weighted by Crippen LogP contribution is 2.26. The fourth-order valence-electron chi connectivity index (χ4n) is 3.16. The number of rotatable bonds is 5. The summed E-state index contributed by atoms with van der Waals surface area (Å²) in [5, 5.41) is 28.4. The number of nitro benzene ring substituents is 1. The number of benzene rings is 1. The first-order valence-corrected chi connectivity index (χ1v) is 8.00. The average molecular weight is 332 g/mol. The Morgan fingerprint density at radius 3 is 2.79 bits per heavy atom. The molecule has 1 aliphatic rings. The van der Waals surface area contributed by atoms with Crippen LogP contribution < -0.4 is 0 Å². The van der Waals surface area contributed by atoms with Gasteiger partial charge in [0, 0.05) is 23.7 Å². The number of likely N-dealkylation sites (tertiary alicyclic amines) is 1. The molecule has 1 saturated heterocycles. The minimum absolute atomic E-state index is 0.0200. The van der Waals surface area contributed by atoms with Crippen LogP contribution >= 0.6 is 0 Å². The highest BCUT2D eigenvalue weighted by atomic mass is 16.6. The molecular weight excluding hydrogens is 312 g/mol. The van der Waals surface area contributed by atoms with Gasteiger partial charge < -0.3 is 9.52 Å². The molecule has 0 radical (unpaired) electrons. The van der Waals surface area contributed by atoms with Crippen molar-refractivity contribution >= 4 is 5.69 Å². The van der Waals surface area contributed by atoms with E-state index in [-0.39, 0.29) is 18.3 Å². The minimum atomic E-state index is -0.449. The summed E-state index contributed by atoms with van der Waals surface area (Å²) in [6.45, 7) is 3.65. The normalized spacial score (nSPS) is 21.8. The molecule has 24 heavy (non-hydrogen) atoms. The van der Waals surface area contributed by atoms with Gasteiger partial charge in [-0.1, -0.05) is 6.92 Å². The molecule has 2 heterocycles. The second kappa shape index (κ2) is 7.06. The van der Waals surface area contributed by atoms with E-state index >= 15 is 0 Å². The average Bonchev–Trinajstić information content (AvgIpc) is 3.04. The van der Waals surface area contributed by atoms with E-state index in [0.29, 0.717) is 29.8 Å². The van der Waals surface area contributed by atoms with Gasteiger partial charge in [-0.05, 0) is 37.4 Å². The van der Waals surface area contributed by atoms with E-state index in [1.54, 1.807) is 12.1 Å². The molecule has 0 spiro atoms. The SMILES string of the molecule is CC1CCCN(Cc2nnc(-c3ccc([N+](=O)[O-])cc3)o2)C1CO. The number of aliphatic hydroxyl groups excluding tert-OH is 1. The molecular formula is C16H20N4O4. The number of nitro groups is 1. The summed E-state index contributed by atoms with van der Waals surface area (Å²) in [4.78, 5) is 12.4. The van der Waals surface area contributed by atoms with Crippen molar-refractivity contribution < 1.29 is 14.4 Å². The number of nitrogens with zero attached hydrogens (tertiary/aromatic N) is 4. The lowest BCUT2D eigenvalue weighted by molar-refractivity contribution is -0.384. The van der Waals surface area contributed by atoms with Crippen molar-refractivity contribution in [2.45, 2.75) is 32.4 Å². The number of piperidine rings is 1. The van der Waals surface area contributed by atoms with Gasteiger partial charge in [0.15, 0.2) is 0 Å². The van der Waals surface area contributed by atoms with Crippen LogP contribution in [-0.2, 0) is 6.54 Å². The van der Waals surface area contributed by atoms with Crippen molar-refractivity contribution in [2.24, 2.45) is 5.92 Å². The maximum absolute atomic E-state index is 10.7. The molecule has 2 unspecified atom stereocenters. The quantitative estimate of drug-likeness (QED) is 0.661. The van der Waals surface area contributed by atoms with Gasteiger partial charge in [0.2, 0.25) is 11.8 Å². The monoisotopic (exact) mass is 332 g/mol. The van der Waals surface area contributed by atoms with Crippen LogP contribution in [0.15, 0.2) is 28.7 Å². The van der Waals surface area contributed by atoms with Gasteiger partial charge in [-0.25, -0.2) is 0 Å². The molecule has 1 aromatic carbocycles. The van der Waals surface area contributed by atoms with Gasteiger partial charge in [0.1, 0.15) is 0 Å². The molecule has 2 aromatic rings. The maximum atomic E-state index is 10.7. The number of hydrogen-bond donors (Lipinski definition) is 1. The summed E-state index contributed by atoms with van der Waals surface area (Å²) in [6, 6.07) is 6.11. The fraction of sp³-hybridized carbons (Fsp3) is 0.500. The summed E-state index contributed by atoms with van der Waals surface area (Å²) in [7, 11) is 0. The Morgan fingerprint density at radius 2 is 2.12 bits per heavy atom. The van der Waals surface area contributed by atoms with Gasteiger partial charge in [0.05, 0.1) is 18.1 Å². The number of non-ortho nitro benzene ring substituents is 1. The minimum Gasteiger partial charge on any atom is -0.419 e. The van der Waals surface area contributed by atoms with Gasteiger partial charge in [-0.2, -0.15) is 0 Å². The van der Waals surface area contributed by atoms with Crippen molar-refractivity contribution in [3.63, 3.8) is 0 Å². The first-order chi connectivity index (χ1) is 11.6. The van der Waals surface area contributed by atoms with Gasteiger partial charge in [-0.3, -0.25) is 15.0 Å². The molecule has 8 nitrogen and oxygen atoms in total. The lowest BCUT2D eigenvalue weighted by Crippen LogP contribution is -2.46. The molecule has 0 saturated carbocycles. The lowest BCUT2D eigenvalue weighted by atomic mass is 9.91. The summed E-state index contributed by atoms with van der Waals surface area (Å²) in [5.74, 6) is 1.25. The van der Waals surface area contributed by atoms with Crippen LogP contribution in [0.5, 0.6) is 0 Å². The van der Waals surface area contributed by atoms with E-state index in [1.165, 1.54) is 12.1 Å². The Hall–Kier alpha value is -2.32. The zero-order valence-corrected chi connectivity index (χ0v) is 13.5. The second-order valence-electron chi connectivity index (χ2n) is 6.14. The van der Waals surface area contributed by atoms with Gasteiger partial charge in [0.25, 0.3) is 5.69 Å². The van der Waals surface area contributed by atoms with E-state index in [4.69, 9.17) is 4.42 Å². The fourth-order valence-corrected chi connectivity index (χ4v) is 3.16. The first-order valence-electron chi connectivity index (χ1n) is 8.00. The predicted molar refractivity (Wildman–Crippen MR) is 86.1 cm³/mol. The smallest absolute Gasteiger partial charge is 0.269 e. The van der Waals surface area contributed by atoms with Crippen LogP contribution in [0.2, 0.25) is 0 Å². The molecule has 1 aliphatic heterocycles. The molecule has 2 atom stereocenters. The van der Waals surface area contributed by atoms with Crippen molar-refractivity contribution in [3.05, 3.63) is 40.3 Å². The Morgan fingerprint density at radius 1 is 1.38 bits per heavy atom. The zero-order valence-electron chi connectivity index (χ0n) is 13.5. The Bertz CT molecular complexity index is 700. The van der Waals surface area contributed by atoms with Crippen LogP contribution in [0.3, 0.4) is 0 Å². The van der Waals surface area contributed by atoms with Crippen LogP contribution in [0.25, 0.3) is 11.5 Å². The number of aliphatic hydroxyl groups is 1. The van der Waals surface area contributed by atoms with E-state index < -0.39 is 4.92 Å². The Kier molecular flexibility index (Phi) is 4.86. The molecule has 128 valence electrons. The highest BCUT2D eigenvalue weighted by Gasteiger charge is 2.29. The molecule has 8 heteroatoms. The van der Waals surface area contributed by atoms with E-state index in [2.05, 4.69) is 22.0 Å². The molecule has 0 bridgehead atoms. The van der Waals surface area contributed by atoms with Crippen molar-refractivity contribution in [1.82, 2.24) is 15.1 Å². The van der Waals surface area contributed by atoms with E-state index in [0.717, 1.165) is 19.4 Å². The Labute approximate surface area is 139 Å². The molecule has 0 aliphatic carbocycles. The van der Waals surface area contributed by atoms with Crippen LogP contribution in [0.1, 0.15) is 25.7 Å². The third-order valence-electron chi connectivity index (χ3n) is 4.55. The van der Waals surface area contributed by atoms with Gasteiger partial charge >= 0.3 is 0 Å². The summed E-state index contributed by atoms with van der Waals surface area (Å²) in [5.41, 5.74) is 0.664. The molecule has 1 fully saturated rings. The lowest BCUT2D eigenvalue weighted by Gasteiger charge is -2.38. The third-order valence-corrected chi connectivity index (χ3v) is 4.55. The van der Waals surface area contributed by atoms with Crippen LogP contribution in [-0.4, -0.2) is 44.3 Å². The maximum Gasteiger partial charge on any atom is 0.269 e. The summed E-state index contributed by atoms with van der Waals surface area (Å²) >= 11 is 0. The van der Waals surface area contributed by atoms with Crippen molar-refractivity contribution in [3.8, 4) is 11.5 Å².